The SMILES string of the molecule is COc1ccc(OC)c(S(=O)(=O)Nc2ccc(-c3nc4ccccc4n3C(F)F)cc2)c1. The number of hydrogen-bond acceptors (Lipinski definition) is 5. The summed E-state index contributed by atoms with van der Waals surface area (Å²) in [7, 11) is -1.21. The Hall–Kier alpha value is -3.66. The van der Waals surface area contributed by atoms with Crippen LogP contribution in [0.1, 0.15) is 6.55 Å². The Morgan fingerprint density at radius 3 is 2.34 bits per heavy atom. The number of nitrogens with zero attached hydrogens (tertiary/aromatic N) is 2. The summed E-state index contributed by atoms with van der Waals surface area (Å²) in [5, 5.41) is 0. The third kappa shape index (κ3) is 3.96. The number of ether oxygens (including phenoxy) is 2. The molecule has 0 aliphatic rings. The Morgan fingerprint density at radius 2 is 1.69 bits per heavy atom. The fourth-order valence-corrected chi connectivity index (χ4v) is 4.58. The highest BCUT2D eigenvalue weighted by Gasteiger charge is 2.22. The second-order valence-electron chi connectivity index (χ2n) is 6.77. The van der Waals surface area contributed by atoms with Crippen LogP contribution in [0, 0.1) is 0 Å². The summed E-state index contributed by atoms with van der Waals surface area (Å²) in [5.74, 6) is 0.595. The molecule has 0 spiro atoms. The first-order chi connectivity index (χ1) is 15.3. The Morgan fingerprint density at radius 1 is 0.969 bits per heavy atom. The van der Waals surface area contributed by atoms with Gasteiger partial charge < -0.3 is 9.47 Å². The van der Waals surface area contributed by atoms with E-state index < -0.39 is 16.6 Å². The van der Waals surface area contributed by atoms with E-state index in [4.69, 9.17) is 9.47 Å². The smallest absolute Gasteiger partial charge is 0.320 e. The van der Waals surface area contributed by atoms with Crippen LogP contribution in [0.2, 0.25) is 0 Å². The summed E-state index contributed by atoms with van der Waals surface area (Å²) in [6.45, 7) is -2.78. The molecule has 4 rings (SSSR count). The van der Waals surface area contributed by atoms with Gasteiger partial charge in [0.05, 0.1) is 25.3 Å². The Bertz CT molecular complexity index is 1370. The summed E-state index contributed by atoms with van der Waals surface area (Å²) in [4.78, 5) is 4.22. The van der Waals surface area contributed by atoms with Gasteiger partial charge in [0.1, 0.15) is 22.2 Å². The van der Waals surface area contributed by atoms with Gasteiger partial charge in [0.15, 0.2) is 0 Å². The number of para-hydroxylation sites is 2. The third-order valence-corrected chi connectivity index (χ3v) is 6.25. The van der Waals surface area contributed by atoms with Gasteiger partial charge in [-0.2, -0.15) is 8.78 Å². The molecule has 4 aromatic rings. The van der Waals surface area contributed by atoms with Crippen LogP contribution in [0.25, 0.3) is 22.4 Å². The molecule has 0 radical (unpaired) electrons. The van der Waals surface area contributed by atoms with Gasteiger partial charge in [-0.1, -0.05) is 12.1 Å². The molecule has 10 heteroatoms. The zero-order chi connectivity index (χ0) is 22.9. The van der Waals surface area contributed by atoms with E-state index in [1.165, 1.54) is 50.6 Å². The first-order valence-corrected chi connectivity index (χ1v) is 10.9. The summed E-state index contributed by atoms with van der Waals surface area (Å²) < 4.78 is 66.8. The predicted octanol–water partition coefficient (Wildman–Crippen LogP) is 4.92. The highest BCUT2D eigenvalue weighted by atomic mass is 32.2. The number of benzene rings is 3. The monoisotopic (exact) mass is 459 g/mol. The van der Waals surface area contributed by atoms with Crippen LogP contribution in [0.5, 0.6) is 11.5 Å². The average molecular weight is 459 g/mol. The van der Waals surface area contributed by atoms with E-state index in [1.54, 1.807) is 30.3 Å². The standard InChI is InChI=1S/C22H19F2N3O4S/c1-30-16-11-12-19(31-2)20(13-16)32(28,29)26-15-9-7-14(8-10-15)21-25-17-5-3-4-6-18(17)27(21)22(23)24/h3-13,22,26H,1-2H3. The number of sulfonamides is 1. The van der Waals surface area contributed by atoms with Gasteiger partial charge in [-0.3, -0.25) is 9.29 Å². The number of fused-ring (bicyclic) bond motifs is 1. The minimum Gasteiger partial charge on any atom is -0.497 e. The minimum atomic E-state index is -4.00. The highest BCUT2D eigenvalue weighted by Crippen LogP contribution is 2.32. The molecule has 0 bridgehead atoms. The van der Waals surface area contributed by atoms with Crippen LogP contribution in [0.3, 0.4) is 0 Å². The Labute approximate surface area is 183 Å². The number of methoxy groups -OCH3 is 2. The molecule has 0 saturated carbocycles. The summed E-state index contributed by atoms with van der Waals surface area (Å²) in [5.41, 5.74) is 1.42. The number of anilines is 1. The molecule has 1 heterocycles. The van der Waals surface area contributed by atoms with Gasteiger partial charge in [0.25, 0.3) is 10.0 Å². The van der Waals surface area contributed by atoms with Gasteiger partial charge in [-0.25, -0.2) is 13.4 Å². The molecule has 0 saturated heterocycles. The summed E-state index contributed by atoms with van der Waals surface area (Å²) in [6.07, 6.45) is 0. The maximum Gasteiger partial charge on any atom is 0.320 e. The number of alkyl halides is 2. The molecular formula is C22H19F2N3O4S. The molecule has 166 valence electrons. The molecule has 0 atom stereocenters. The van der Waals surface area contributed by atoms with Crippen molar-refractivity contribution in [3.05, 3.63) is 66.7 Å². The van der Waals surface area contributed by atoms with E-state index in [2.05, 4.69) is 9.71 Å². The van der Waals surface area contributed by atoms with Gasteiger partial charge in [0, 0.05) is 17.3 Å². The lowest BCUT2D eigenvalue weighted by Crippen LogP contribution is -2.14. The van der Waals surface area contributed by atoms with Crippen molar-refractivity contribution in [3.63, 3.8) is 0 Å². The zero-order valence-electron chi connectivity index (χ0n) is 17.1. The molecule has 0 aliphatic carbocycles. The zero-order valence-corrected chi connectivity index (χ0v) is 17.9. The van der Waals surface area contributed by atoms with Crippen LogP contribution in [-0.4, -0.2) is 32.2 Å². The number of halogens is 2. The number of hydrogen-bond donors (Lipinski definition) is 1. The molecule has 7 nitrogen and oxygen atoms in total. The molecule has 1 aromatic heterocycles. The molecule has 0 amide bonds. The van der Waals surface area contributed by atoms with Crippen LogP contribution in [0.4, 0.5) is 14.5 Å². The largest absolute Gasteiger partial charge is 0.497 e. The van der Waals surface area contributed by atoms with Crippen molar-refractivity contribution in [2.24, 2.45) is 0 Å². The quantitative estimate of drug-likeness (QED) is 0.424. The molecule has 32 heavy (non-hydrogen) atoms. The van der Waals surface area contributed by atoms with E-state index in [-0.39, 0.29) is 22.2 Å². The van der Waals surface area contributed by atoms with Crippen molar-refractivity contribution in [1.82, 2.24) is 9.55 Å². The summed E-state index contributed by atoms with van der Waals surface area (Å²) in [6, 6.07) is 17.1. The van der Waals surface area contributed by atoms with Gasteiger partial charge in [-0.05, 0) is 48.5 Å². The van der Waals surface area contributed by atoms with Crippen molar-refractivity contribution < 1.29 is 26.7 Å². The van der Waals surface area contributed by atoms with Crippen molar-refractivity contribution in [1.29, 1.82) is 0 Å². The van der Waals surface area contributed by atoms with Crippen molar-refractivity contribution in [2.45, 2.75) is 11.4 Å². The van der Waals surface area contributed by atoms with E-state index >= 15 is 0 Å². The fraction of sp³-hybridized carbons (Fsp3) is 0.136. The van der Waals surface area contributed by atoms with Crippen molar-refractivity contribution >= 4 is 26.7 Å². The van der Waals surface area contributed by atoms with Crippen LogP contribution in [0.15, 0.2) is 71.6 Å². The molecule has 0 unspecified atom stereocenters. The van der Waals surface area contributed by atoms with Crippen molar-refractivity contribution in [2.75, 3.05) is 18.9 Å². The van der Waals surface area contributed by atoms with Gasteiger partial charge >= 0.3 is 6.55 Å². The maximum absolute atomic E-state index is 13.7. The van der Waals surface area contributed by atoms with Gasteiger partial charge in [0.2, 0.25) is 0 Å². The van der Waals surface area contributed by atoms with Crippen LogP contribution >= 0.6 is 0 Å². The average Bonchev–Trinajstić information content (AvgIpc) is 3.18. The summed E-state index contributed by atoms with van der Waals surface area (Å²) >= 11 is 0. The lowest BCUT2D eigenvalue weighted by atomic mass is 10.2. The van der Waals surface area contributed by atoms with Crippen LogP contribution in [-0.2, 0) is 10.0 Å². The van der Waals surface area contributed by atoms with E-state index in [0.717, 1.165) is 4.57 Å². The van der Waals surface area contributed by atoms with E-state index in [1.807, 2.05) is 0 Å². The van der Waals surface area contributed by atoms with E-state index in [9.17, 15) is 17.2 Å². The number of rotatable bonds is 7. The third-order valence-electron chi connectivity index (χ3n) is 4.85. The lowest BCUT2D eigenvalue weighted by molar-refractivity contribution is 0.0764. The first-order valence-electron chi connectivity index (χ1n) is 9.44. The van der Waals surface area contributed by atoms with Crippen molar-refractivity contribution in [3.8, 4) is 22.9 Å². The molecule has 1 N–H and O–H groups in total. The Kier molecular flexibility index (Phi) is 5.70. The van der Waals surface area contributed by atoms with E-state index in [0.29, 0.717) is 22.3 Å². The number of imidazole rings is 1. The molecule has 3 aromatic carbocycles. The van der Waals surface area contributed by atoms with Gasteiger partial charge in [-0.15, -0.1) is 0 Å². The Balaban J connectivity index is 1.67. The molecular weight excluding hydrogens is 440 g/mol. The lowest BCUT2D eigenvalue weighted by Gasteiger charge is -2.13. The van der Waals surface area contributed by atoms with Crippen LogP contribution < -0.4 is 14.2 Å². The highest BCUT2D eigenvalue weighted by molar-refractivity contribution is 7.92. The number of aromatic nitrogens is 2. The second-order valence-corrected chi connectivity index (χ2v) is 8.42. The minimum absolute atomic E-state index is 0.0880. The molecule has 0 fully saturated rings. The molecule has 0 aliphatic heterocycles. The fourth-order valence-electron chi connectivity index (χ4n) is 3.34. The first kappa shape index (κ1) is 21.6. The number of nitrogens with one attached hydrogen (secondary N) is 1. The maximum atomic E-state index is 13.7. The topological polar surface area (TPSA) is 82.4 Å². The second kappa shape index (κ2) is 8.46. The predicted molar refractivity (Wildman–Crippen MR) is 117 cm³/mol. The normalized spacial score (nSPS) is 11.7.